The molecule has 2 aromatic carbocycles. The number of hydrogen-bond donors (Lipinski definition) is 1. The molecule has 0 amide bonds. The van der Waals surface area contributed by atoms with Crippen molar-refractivity contribution in [1.82, 2.24) is 0 Å². The van der Waals surface area contributed by atoms with Crippen molar-refractivity contribution in [2.45, 2.75) is 0 Å². The van der Waals surface area contributed by atoms with Crippen LogP contribution in [0.1, 0.15) is 0 Å². The SMILES string of the molecule is Clc1ccc(ONc2ccccc2)cc1. The van der Waals surface area contributed by atoms with Gasteiger partial charge in [-0.3, -0.25) is 0 Å². The van der Waals surface area contributed by atoms with Crippen molar-refractivity contribution in [2.24, 2.45) is 0 Å². The lowest BCUT2D eigenvalue weighted by molar-refractivity contribution is 0.405. The summed E-state index contributed by atoms with van der Waals surface area (Å²) in [5, 5.41) is 0.696. The van der Waals surface area contributed by atoms with Crippen LogP contribution in [-0.4, -0.2) is 0 Å². The van der Waals surface area contributed by atoms with Crippen LogP contribution in [0.15, 0.2) is 54.6 Å². The number of rotatable bonds is 3. The van der Waals surface area contributed by atoms with Crippen LogP contribution in [0.2, 0.25) is 5.02 Å². The first kappa shape index (κ1) is 9.87. The van der Waals surface area contributed by atoms with E-state index >= 15 is 0 Å². The van der Waals surface area contributed by atoms with Gasteiger partial charge in [-0.2, -0.15) is 0 Å². The van der Waals surface area contributed by atoms with Crippen LogP contribution in [0.4, 0.5) is 5.69 Å². The van der Waals surface area contributed by atoms with Crippen LogP contribution >= 0.6 is 11.6 Å². The minimum absolute atomic E-state index is 0.696. The van der Waals surface area contributed by atoms with Gasteiger partial charge in [0.25, 0.3) is 0 Å². The monoisotopic (exact) mass is 219 g/mol. The number of anilines is 1. The van der Waals surface area contributed by atoms with E-state index in [1.807, 2.05) is 30.3 Å². The summed E-state index contributed by atoms with van der Waals surface area (Å²) in [5.74, 6) is 0.725. The summed E-state index contributed by atoms with van der Waals surface area (Å²) >= 11 is 5.75. The quantitative estimate of drug-likeness (QED) is 0.794. The van der Waals surface area contributed by atoms with Gasteiger partial charge in [-0.15, -0.1) is 0 Å². The Labute approximate surface area is 93.4 Å². The van der Waals surface area contributed by atoms with E-state index in [0.717, 1.165) is 11.4 Å². The normalized spacial score (nSPS) is 9.67. The summed E-state index contributed by atoms with van der Waals surface area (Å²) in [7, 11) is 0. The highest BCUT2D eigenvalue weighted by Crippen LogP contribution is 2.16. The minimum atomic E-state index is 0.696. The first-order valence-electron chi connectivity index (χ1n) is 4.58. The molecule has 0 saturated heterocycles. The molecule has 1 N–H and O–H groups in total. The van der Waals surface area contributed by atoms with Crippen molar-refractivity contribution in [1.29, 1.82) is 0 Å². The molecular weight excluding hydrogens is 210 g/mol. The summed E-state index contributed by atoms with van der Waals surface area (Å²) in [4.78, 5) is 5.34. The molecule has 0 unspecified atom stereocenters. The first-order chi connectivity index (χ1) is 7.34. The summed E-state index contributed by atoms with van der Waals surface area (Å²) in [6, 6.07) is 16.9. The zero-order valence-corrected chi connectivity index (χ0v) is 8.74. The van der Waals surface area contributed by atoms with Crippen LogP contribution in [0.3, 0.4) is 0 Å². The summed E-state index contributed by atoms with van der Waals surface area (Å²) in [5.41, 5.74) is 3.75. The summed E-state index contributed by atoms with van der Waals surface area (Å²) in [6.07, 6.45) is 0. The summed E-state index contributed by atoms with van der Waals surface area (Å²) < 4.78 is 0. The molecule has 0 aromatic heterocycles. The molecule has 0 heterocycles. The van der Waals surface area contributed by atoms with Gasteiger partial charge in [0.1, 0.15) is 0 Å². The average Bonchev–Trinajstić information content (AvgIpc) is 2.30. The van der Waals surface area contributed by atoms with E-state index in [1.54, 1.807) is 24.3 Å². The van der Waals surface area contributed by atoms with Gasteiger partial charge in [-0.05, 0) is 36.4 Å². The topological polar surface area (TPSA) is 21.3 Å². The van der Waals surface area contributed by atoms with Crippen molar-refractivity contribution in [3.8, 4) is 5.75 Å². The number of nitrogens with one attached hydrogen (secondary N) is 1. The van der Waals surface area contributed by atoms with Gasteiger partial charge in [0.05, 0.1) is 5.69 Å². The Balaban J connectivity index is 1.96. The Kier molecular flexibility index (Phi) is 3.10. The van der Waals surface area contributed by atoms with E-state index in [2.05, 4.69) is 5.48 Å². The molecule has 0 bridgehead atoms. The largest absolute Gasteiger partial charge is 0.382 e. The van der Waals surface area contributed by atoms with E-state index in [-0.39, 0.29) is 0 Å². The zero-order chi connectivity index (χ0) is 10.5. The molecule has 0 saturated carbocycles. The van der Waals surface area contributed by atoms with Gasteiger partial charge in [-0.1, -0.05) is 29.8 Å². The molecule has 0 spiro atoms. The minimum Gasteiger partial charge on any atom is -0.382 e. The second kappa shape index (κ2) is 4.71. The zero-order valence-electron chi connectivity index (χ0n) is 7.98. The number of halogens is 1. The Morgan fingerprint density at radius 2 is 1.53 bits per heavy atom. The first-order valence-corrected chi connectivity index (χ1v) is 4.96. The molecule has 2 aromatic rings. The maximum Gasteiger partial charge on any atom is 0.155 e. The Morgan fingerprint density at radius 1 is 0.867 bits per heavy atom. The number of hydrogen-bond acceptors (Lipinski definition) is 2. The third-order valence-electron chi connectivity index (χ3n) is 1.87. The van der Waals surface area contributed by atoms with Crippen molar-refractivity contribution in [3.63, 3.8) is 0 Å². The van der Waals surface area contributed by atoms with Gasteiger partial charge >= 0.3 is 0 Å². The lowest BCUT2D eigenvalue weighted by atomic mass is 10.3. The molecule has 0 fully saturated rings. The molecule has 2 nitrogen and oxygen atoms in total. The van der Waals surface area contributed by atoms with E-state index in [4.69, 9.17) is 16.4 Å². The highest BCUT2D eigenvalue weighted by atomic mass is 35.5. The fourth-order valence-corrected chi connectivity index (χ4v) is 1.25. The van der Waals surface area contributed by atoms with E-state index < -0.39 is 0 Å². The van der Waals surface area contributed by atoms with E-state index in [9.17, 15) is 0 Å². The van der Waals surface area contributed by atoms with Crippen LogP contribution in [-0.2, 0) is 0 Å². The van der Waals surface area contributed by atoms with Crippen LogP contribution in [0.25, 0.3) is 0 Å². The van der Waals surface area contributed by atoms with Gasteiger partial charge in [0.15, 0.2) is 5.75 Å². The standard InChI is InChI=1S/C12H10ClNO/c13-10-6-8-12(9-7-10)15-14-11-4-2-1-3-5-11/h1-9,14H. The molecular formula is C12H10ClNO. The van der Waals surface area contributed by atoms with Crippen LogP contribution in [0, 0.1) is 0 Å². The average molecular weight is 220 g/mol. The highest BCUT2D eigenvalue weighted by molar-refractivity contribution is 6.30. The molecule has 2 rings (SSSR count). The number of para-hydroxylation sites is 1. The molecule has 0 aliphatic rings. The highest BCUT2D eigenvalue weighted by Gasteiger charge is 1.93. The van der Waals surface area contributed by atoms with Gasteiger partial charge < -0.3 is 4.84 Å². The predicted molar refractivity (Wildman–Crippen MR) is 62.1 cm³/mol. The van der Waals surface area contributed by atoms with Crippen molar-refractivity contribution >= 4 is 17.3 Å². The smallest absolute Gasteiger partial charge is 0.155 e. The molecule has 3 heteroatoms. The second-order valence-corrected chi connectivity index (χ2v) is 3.46. The fourth-order valence-electron chi connectivity index (χ4n) is 1.13. The molecule has 76 valence electrons. The van der Waals surface area contributed by atoms with Crippen LogP contribution in [0.5, 0.6) is 5.75 Å². The van der Waals surface area contributed by atoms with Gasteiger partial charge in [-0.25, -0.2) is 5.48 Å². The molecule has 0 aliphatic carbocycles. The fraction of sp³-hybridized carbons (Fsp3) is 0. The lowest BCUT2D eigenvalue weighted by Crippen LogP contribution is -2.03. The third kappa shape index (κ3) is 2.89. The van der Waals surface area contributed by atoms with E-state index in [0.29, 0.717) is 5.02 Å². The Hall–Kier alpha value is -1.67. The Morgan fingerprint density at radius 3 is 2.20 bits per heavy atom. The maximum absolute atomic E-state index is 5.75. The van der Waals surface area contributed by atoms with Gasteiger partial charge in [0.2, 0.25) is 0 Å². The molecule has 0 radical (unpaired) electrons. The predicted octanol–water partition coefficient (Wildman–Crippen LogP) is 3.75. The van der Waals surface area contributed by atoms with Crippen molar-refractivity contribution in [2.75, 3.05) is 5.48 Å². The van der Waals surface area contributed by atoms with Gasteiger partial charge in [0, 0.05) is 5.02 Å². The maximum atomic E-state index is 5.75. The molecule has 0 atom stereocenters. The second-order valence-electron chi connectivity index (χ2n) is 3.02. The number of benzene rings is 2. The van der Waals surface area contributed by atoms with Crippen molar-refractivity contribution < 1.29 is 4.84 Å². The third-order valence-corrected chi connectivity index (χ3v) is 2.13. The van der Waals surface area contributed by atoms with Crippen LogP contribution < -0.4 is 10.3 Å². The van der Waals surface area contributed by atoms with Crippen molar-refractivity contribution in [3.05, 3.63) is 59.6 Å². The molecule has 0 aliphatic heterocycles. The Bertz CT molecular complexity index is 413. The molecule has 15 heavy (non-hydrogen) atoms. The summed E-state index contributed by atoms with van der Waals surface area (Å²) in [6.45, 7) is 0. The lowest BCUT2D eigenvalue weighted by Gasteiger charge is -2.07. The van der Waals surface area contributed by atoms with E-state index in [1.165, 1.54) is 0 Å².